The first-order chi connectivity index (χ1) is 7.96. The van der Waals surface area contributed by atoms with Gasteiger partial charge in [-0.25, -0.2) is 4.79 Å². The van der Waals surface area contributed by atoms with Crippen LogP contribution in [0, 0.1) is 0 Å². The number of amides is 2. The van der Waals surface area contributed by atoms with Gasteiger partial charge in [-0.1, -0.05) is 0 Å². The van der Waals surface area contributed by atoms with Gasteiger partial charge in [0, 0.05) is 33.0 Å². The Morgan fingerprint density at radius 3 is 2.35 bits per heavy atom. The van der Waals surface area contributed by atoms with Gasteiger partial charge in [-0.3, -0.25) is 9.59 Å². The Morgan fingerprint density at radius 2 is 1.88 bits per heavy atom. The second-order valence-corrected chi connectivity index (χ2v) is 3.96. The minimum Gasteiger partial charge on any atom is -0.480 e. The van der Waals surface area contributed by atoms with Gasteiger partial charge in [-0.05, 0) is 0 Å². The number of nitrogens with one attached hydrogen (secondary N) is 2. The van der Waals surface area contributed by atoms with Gasteiger partial charge in [0.1, 0.15) is 5.54 Å². The van der Waals surface area contributed by atoms with Gasteiger partial charge in [-0.2, -0.15) is 0 Å². The van der Waals surface area contributed by atoms with E-state index in [1.54, 1.807) is 0 Å². The molecule has 1 rings (SSSR count). The molecule has 0 saturated carbocycles. The highest BCUT2D eigenvalue weighted by Crippen LogP contribution is 2.20. The molecule has 0 aliphatic carbocycles. The van der Waals surface area contributed by atoms with E-state index in [2.05, 4.69) is 10.6 Å². The molecule has 3 N–H and O–H groups in total. The van der Waals surface area contributed by atoms with Gasteiger partial charge >= 0.3 is 5.97 Å². The van der Waals surface area contributed by atoms with Crippen LogP contribution in [0.3, 0.4) is 0 Å². The Morgan fingerprint density at radius 1 is 1.29 bits per heavy atom. The van der Waals surface area contributed by atoms with Gasteiger partial charge in [0.2, 0.25) is 11.8 Å². The SMILES string of the molecule is CC(=O)NCC(=O)NC1(C(=O)O)CCOCC1. The maximum absolute atomic E-state index is 11.5. The molecule has 0 aromatic rings. The van der Waals surface area contributed by atoms with E-state index in [0.29, 0.717) is 13.2 Å². The van der Waals surface area contributed by atoms with Gasteiger partial charge in [-0.15, -0.1) is 0 Å². The molecule has 1 aliphatic rings. The third-order valence-electron chi connectivity index (χ3n) is 2.63. The largest absolute Gasteiger partial charge is 0.480 e. The van der Waals surface area contributed by atoms with Crippen LogP contribution in [0.1, 0.15) is 19.8 Å². The van der Waals surface area contributed by atoms with Crippen LogP contribution >= 0.6 is 0 Å². The fraction of sp³-hybridized carbons (Fsp3) is 0.700. The Hall–Kier alpha value is -1.63. The number of carboxylic acids is 1. The zero-order valence-corrected chi connectivity index (χ0v) is 9.62. The minimum absolute atomic E-state index is 0.217. The molecule has 7 nitrogen and oxygen atoms in total. The van der Waals surface area contributed by atoms with E-state index in [-0.39, 0.29) is 25.3 Å². The summed E-state index contributed by atoms with van der Waals surface area (Å²) in [5, 5.41) is 13.9. The molecule has 0 unspecified atom stereocenters. The highest BCUT2D eigenvalue weighted by atomic mass is 16.5. The summed E-state index contributed by atoms with van der Waals surface area (Å²) >= 11 is 0. The molecule has 2 amide bonds. The third-order valence-corrected chi connectivity index (χ3v) is 2.63. The smallest absolute Gasteiger partial charge is 0.329 e. The lowest BCUT2D eigenvalue weighted by molar-refractivity contribution is -0.152. The van der Waals surface area contributed by atoms with Crippen molar-refractivity contribution in [1.29, 1.82) is 0 Å². The molecule has 17 heavy (non-hydrogen) atoms. The van der Waals surface area contributed by atoms with Crippen molar-refractivity contribution in [3.05, 3.63) is 0 Å². The highest BCUT2D eigenvalue weighted by Gasteiger charge is 2.41. The van der Waals surface area contributed by atoms with Gasteiger partial charge in [0.25, 0.3) is 0 Å². The number of carbonyl (C=O) groups is 3. The molecule has 0 bridgehead atoms. The van der Waals surface area contributed by atoms with Crippen molar-refractivity contribution in [3.63, 3.8) is 0 Å². The molecule has 0 aromatic carbocycles. The summed E-state index contributed by atoms with van der Waals surface area (Å²) in [5.74, 6) is -1.92. The monoisotopic (exact) mass is 244 g/mol. The standard InChI is InChI=1S/C10H16N2O5/c1-7(13)11-6-8(14)12-10(9(15)16)2-4-17-5-3-10/h2-6H2,1H3,(H,11,13)(H,12,14)(H,15,16). The van der Waals surface area contributed by atoms with Gasteiger partial charge in [0.05, 0.1) is 6.54 Å². The van der Waals surface area contributed by atoms with Crippen LogP contribution in [0.4, 0.5) is 0 Å². The maximum atomic E-state index is 11.5. The van der Waals surface area contributed by atoms with Crippen molar-refractivity contribution in [2.75, 3.05) is 19.8 Å². The predicted molar refractivity (Wildman–Crippen MR) is 57.2 cm³/mol. The zero-order valence-electron chi connectivity index (χ0n) is 9.62. The normalized spacial score (nSPS) is 18.2. The Kier molecular flexibility index (Phi) is 4.45. The van der Waals surface area contributed by atoms with E-state index >= 15 is 0 Å². The summed E-state index contributed by atoms with van der Waals surface area (Å²) in [6.07, 6.45) is 0.461. The maximum Gasteiger partial charge on any atom is 0.329 e. The Bertz CT molecular complexity index is 323. The first kappa shape index (κ1) is 13.4. The van der Waals surface area contributed by atoms with Crippen LogP contribution < -0.4 is 10.6 Å². The van der Waals surface area contributed by atoms with Crippen molar-refractivity contribution >= 4 is 17.8 Å². The minimum atomic E-state index is -1.27. The summed E-state index contributed by atoms with van der Waals surface area (Å²) < 4.78 is 5.07. The van der Waals surface area contributed by atoms with E-state index in [0.717, 1.165) is 0 Å². The van der Waals surface area contributed by atoms with Crippen molar-refractivity contribution in [1.82, 2.24) is 10.6 Å². The van der Waals surface area contributed by atoms with Crippen LogP contribution in [0.5, 0.6) is 0 Å². The second kappa shape index (κ2) is 5.62. The molecule has 0 atom stereocenters. The summed E-state index contributed by atoms with van der Waals surface area (Å²) in [6, 6.07) is 0. The van der Waals surface area contributed by atoms with E-state index < -0.39 is 17.4 Å². The van der Waals surface area contributed by atoms with Crippen LogP contribution in [0.2, 0.25) is 0 Å². The zero-order chi connectivity index (χ0) is 12.9. The third kappa shape index (κ3) is 3.70. The number of aliphatic carboxylic acids is 1. The fourth-order valence-corrected chi connectivity index (χ4v) is 1.63. The Labute approximate surface area is 98.5 Å². The fourth-order valence-electron chi connectivity index (χ4n) is 1.63. The lowest BCUT2D eigenvalue weighted by Crippen LogP contribution is -2.59. The topological polar surface area (TPSA) is 105 Å². The van der Waals surface area contributed by atoms with Crippen molar-refractivity contribution in [2.24, 2.45) is 0 Å². The van der Waals surface area contributed by atoms with E-state index in [4.69, 9.17) is 9.84 Å². The number of ether oxygens (including phenoxy) is 1. The van der Waals surface area contributed by atoms with Crippen LogP contribution in [-0.2, 0) is 19.1 Å². The summed E-state index contributed by atoms with van der Waals surface area (Å²) in [4.78, 5) is 33.3. The average Bonchev–Trinajstić information content (AvgIpc) is 2.27. The molecule has 1 heterocycles. The lowest BCUT2D eigenvalue weighted by Gasteiger charge is -2.33. The van der Waals surface area contributed by atoms with E-state index in [1.807, 2.05) is 0 Å². The van der Waals surface area contributed by atoms with Gasteiger partial charge < -0.3 is 20.5 Å². The number of hydrogen-bond donors (Lipinski definition) is 3. The Balaban J connectivity index is 2.57. The molecule has 96 valence electrons. The van der Waals surface area contributed by atoms with E-state index in [9.17, 15) is 14.4 Å². The van der Waals surface area contributed by atoms with Crippen molar-refractivity contribution in [2.45, 2.75) is 25.3 Å². The number of rotatable bonds is 4. The molecular weight excluding hydrogens is 228 g/mol. The van der Waals surface area contributed by atoms with Crippen LogP contribution in [0.15, 0.2) is 0 Å². The molecule has 1 saturated heterocycles. The lowest BCUT2D eigenvalue weighted by atomic mass is 9.90. The van der Waals surface area contributed by atoms with E-state index in [1.165, 1.54) is 6.92 Å². The first-order valence-corrected chi connectivity index (χ1v) is 5.33. The first-order valence-electron chi connectivity index (χ1n) is 5.33. The molecular formula is C10H16N2O5. The summed E-state index contributed by atoms with van der Waals surface area (Å²) in [6.45, 7) is 1.67. The number of carboxylic acid groups (broad SMARTS) is 1. The molecule has 0 spiro atoms. The quantitative estimate of drug-likeness (QED) is 0.580. The predicted octanol–water partition coefficient (Wildman–Crippen LogP) is -1.13. The van der Waals surface area contributed by atoms with Crippen molar-refractivity contribution in [3.8, 4) is 0 Å². The molecule has 1 aliphatic heterocycles. The highest BCUT2D eigenvalue weighted by molar-refractivity contribution is 5.89. The molecule has 1 fully saturated rings. The number of hydrogen-bond acceptors (Lipinski definition) is 4. The molecule has 0 radical (unpaired) electrons. The summed E-state index contributed by atoms with van der Waals surface area (Å²) in [7, 11) is 0. The average molecular weight is 244 g/mol. The van der Waals surface area contributed by atoms with Crippen LogP contribution in [0.25, 0.3) is 0 Å². The number of carbonyl (C=O) groups excluding carboxylic acids is 2. The second-order valence-electron chi connectivity index (χ2n) is 3.96. The van der Waals surface area contributed by atoms with Crippen LogP contribution in [-0.4, -0.2) is 48.2 Å². The van der Waals surface area contributed by atoms with Gasteiger partial charge in [0.15, 0.2) is 0 Å². The summed E-state index contributed by atoms with van der Waals surface area (Å²) in [5.41, 5.74) is -1.27. The van der Waals surface area contributed by atoms with Crippen molar-refractivity contribution < 1.29 is 24.2 Å². The molecule has 0 aromatic heterocycles. The molecule has 7 heteroatoms.